The first-order valence-electron chi connectivity index (χ1n) is 6.45. The lowest BCUT2D eigenvalue weighted by Gasteiger charge is -2.22. The maximum atomic E-state index is 12.3. The Bertz CT molecular complexity index is 335. The van der Waals surface area contributed by atoms with Crippen molar-refractivity contribution in [1.29, 1.82) is 0 Å². The molecule has 0 bridgehead atoms. The number of amides is 2. The van der Waals surface area contributed by atoms with Gasteiger partial charge in [0.25, 0.3) is 0 Å². The summed E-state index contributed by atoms with van der Waals surface area (Å²) < 4.78 is 4.56. The van der Waals surface area contributed by atoms with Crippen molar-refractivity contribution in [2.75, 3.05) is 33.3 Å². The van der Waals surface area contributed by atoms with Crippen LogP contribution < -0.4 is 10.6 Å². The van der Waals surface area contributed by atoms with E-state index in [9.17, 15) is 9.59 Å². The minimum atomic E-state index is -0.426. The Balaban J connectivity index is 1.84. The molecule has 2 rings (SSSR count). The first kappa shape index (κ1) is 13.1. The van der Waals surface area contributed by atoms with Crippen molar-refractivity contribution < 1.29 is 14.3 Å². The third-order valence-corrected chi connectivity index (χ3v) is 3.84. The Morgan fingerprint density at radius 2 is 2.17 bits per heavy atom. The van der Waals surface area contributed by atoms with Crippen LogP contribution in [0.15, 0.2) is 0 Å². The molecule has 0 radical (unpaired) electrons. The van der Waals surface area contributed by atoms with Gasteiger partial charge in [-0.25, -0.2) is 4.79 Å². The molecule has 2 amide bonds. The standard InChI is InChI=1S/C12H21N3O3/c1-8-5-13-6-10(8)11(16)15-4-3-9(7-15)14-12(17)18-2/h8-10,13H,3-7H2,1-2H3,(H,14,17). The van der Waals surface area contributed by atoms with Crippen LogP contribution in [0.3, 0.4) is 0 Å². The van der Waals surface area contributed by atoms with Gasteiger partial charge in [-0.1, -0.05) is 6.92 Å². The molecule has 6 heteroatoms. The lowest BCUT2D eigenvalue weighted by Crippen LogP contribution is -2.41. The third-order valence-electron chi connectivity index (χ3n) is 3.84. The number of alkyl carbamates (subject to hydrolysis) is 1. The van der Waals surface area contributed by atoms with Crippen LogP contribution in [0.1, 0.15) is 13.3 Å². The average Bonchev–Trinajstić information content (AvgIpc) is 2.97. The molecule has 2 fully saturated rings. The zero-order valence-corrected chi connectivity index (χ0v) is 10.9. The van der Waals surface area contributed by atoms with Crippen LogP contribution in [-0.2, 0) is 9.53 Å². The van der Waals surface area contributed by atoms with Gasteiger partial charge in [0.1, 0.15) is 0 Å². The van der Waals surface area contributed by atoms with Gasteiger partial charge in [-0.15, -0.1) is 0 Å². The summed E-state index contributed by atoms with van der Waals surface area (Å²) in [5.74, 6) is 0.689. The highest BCUT2D eigenvalue weighted by molar-refractivity contribution is 5.80. The van der Waals surface area contributed by atoms with Gasteiger partial charge in [-0.05, 0) is 18.9 Å². The molecular formula is C12H21N3O3. The van der Waals surface area contributed by atoms with Crippen molar-refractivity contribution in [3.63, 3.8) is 0 Å². The van der Waals surface area contributed by atoms with Gasteiger partial charge in [0.05, 0.1) is 19.1 Å². The summed E-state index contributed by atoms with van der Waals surface area (Å²) in [6.07, 6.45) is 0.375. The molecule has 2 saturated heterocycles. The maximum Gasteiger partial charge on any atom is 0.407 e. The molecule has 0 saturated carbocycles. The van der Waals surface area contributed by atoms with E-state index in [2.05, 4.69) is 22.3 Å². The summed E-state index contributed by atoms with van der Waals surface area (Å²) >= 11 is 0. The SMILES string of the molecule is COC(=O)NC1CCN(C(=O)C2CNCC2C)C1. The molecule has 3 unspecified atom stereocenters. The second kappa shape index (κ2) is 5.56. The molecular weight excluding hydrogens is 234 g/mol. The van der Waals surface area contributed by atoms with Gasteiger partial charge in [0.2, 0.25) is 5.91 Å². The van der Waals surface area contributed by atoms with Gasteiger partial charge < -0.3 is 20.3 Å². The van der Waals surface area contributed by atoms with Crippen molar-refractivity contribution in [3.8, 4) is 0 Å². The second-order valence-corrected chi connectivity index (χ2v) is 5.15. The first-order valence-corrected chi connectivity index (χ1v) is 6.45. The third kappa shape index (κ3) is 2.75. The van der Waals surface area contributed by atoms with Crippen LogP contribution in [-0.4, -0.2) is 56.2 Å². The first-order chi connectivity index (χ1) is 8.61. The number of hydrogen-bond acceptors (Lipinski definition) is 4. The molecule has 2 aliphatic heterocycles. The number of carbonyl (C=O) groups is 2. The molecule has 2 N–H and O–H groups in total. The van der Waals surface area contributed by atoms with Crippen molar-refractivity contribution in [2.24, 2.45) is 11.8 Å². The van der Waals surface area contributed by atoms with Crippen LogP contribution in [0.4, 0.5) is 4.79 Å². The Morgan fingerprint density at radius 3 is 2.78 bits per heavy atom. The van der Waals surface area contributed by atoms with Crippen LogP contribution in [0.5, 0.6) is 0 Å². The van der Waals surface area contributed by atoms with Gasteiger partial charge >= 0.3 is 6.09 Å². The van der Waals surface area contributed by atoms with E-state index in [4.69, 9.17) is 0 Å². The summed E-state index contributed by atoms with van der Waals surface area (Å²) in [5.41, 5.74) is 0. The lowest BCUT2D eigenvalue weighted by molar-refractivity contribution is -0.134. The zero-order chi connectivity index (χ0) is 13.1. The van der Waals surface area contributed by atoms with Crippen LogP contribution >= 0.6 is 0 Å². The van der Waals surface area contributed by atoms with Crippen LogP contribution in [0.25, 0.3) is 0 Å². The Hall–Kier alpha value is -1.30. The fraction of sp³-hybridized carbons (Fsp3) is 0.833. The number of nitrogens with one attached hydrogen (secondary N) is 2. The van der Waals surface area contributed by atoms with E-state index in [0.29, 0.717) is 12.5 Å². The fourth-order valence-corrected chi connectivity index (χ4v) is 2.68. The van der Waals surface area contributed by atoms with Crippen molar-refractivity contribution in [3.05, 3.63) is 0 Å². The van der Waals surface area contributed by atoms with Crippen molar-refractivity contribution >= 4 is 12.0 Å². The smallest absolute Gasteiger partial charge is 0.407 e. The van der Waals surface area contributed by atoms with Crippen LogP contribution in [0.2, 0.25) is 0 Å². The van der Waals surface area contributed by atoms with E-state index in [1.54, 1.807) is 0 Å². The van der Waals surface area contributed by atoms with E-state index in [1.807, 2.05) is 4.90 Å². The van der Waals surface area contributed by atoms with E-state index >= 15 is 0 Å². The number of carbonyl (C=O) groups excluding carboxylic acids is 2. The van der Waals surface area contributed by atoms with Gasteiger partial charge in [0, 0.05) is 19.6 Å². The van der Waals surface area contributed by atoms with Gasteiger partial charge in [-0.2, -0.15) is 0 Å². The molecule has 3 atom stereocenters. The molecule has 6 nitrogen and oxygen atoms in total. The number of rotatable bonds is 2. The number of methoxy groups -OCH3 is 1. The van der Waals surface area contributed by atoms with Crippen molar-refractivity contribution in [1.82, 2.24) is 15.5 Å². The van der Waals surface area contributed by atoms with Gasteiger partial charge in [-0.3, -0.25) is 4.79 Å². The summed E-state index contributed by atoms with van der Waals surface area (Å²) in [6, 6.07) is 0.0195. The van der Waals surface area contributed by atoms with E-state index in [0.717, 1.165) is 26.1 Å². The molecule has 102 valence electrons. The molecule has 0 aliphatic carbocycles. The maximum absolute atomic E-state index is 12.3. The summed E-state index contributed by atoms with van der Waals surface area (Å²) in [4.78, 5) is 25.3. The lowest BCUT2D eigenvalue weighted by atomic mass is 9.97. The Morgan fingerprint density at radius 1 is 1.39 bits per heavy atom. The minimum absolute atomic E-state index is 0.0195. The predicted molar refractivity (Wildman–Crippen MR) is 66.0 cm³/mol. The molecule has 2 aliphatic rings. The molecule has 0 aromatic rings. The Kier molecular flexibility index (Phi) is 4.06. The van der Waals surface area contributed by atoms with E-state index in [-0.39, 0.29) is 17.9 Å². The van der Waals surface area contributed by atoms with E-state index < -0.39 is 6.09 Å². The molecule has 18 heavy (non-hydrogen) atoms. The topological polar surface area (TPSA) is 70.7 Å². The highest BCUT2D eigenvalue weighted by Gasteiger charge is 2.36. The van der Waals surface area contributed by atoms with Crippen molar-refractivity contribution in [2.45, 2.75) is 19.4 Å². The predicted octanol–water partition coefficient (Wildman–Crippen LogP) is -0.201. The summed E-state index contributed by atoms with van der Waals surface area (Å²) in [6.45, 7) is 5.09. The monoisotopic (exact) mass is 255 g/mol. The minimum Gasteiger partial charge on any atom is -0.453 e. The number of nitrogens with zero attached hydrogens (tertiary/aromatic N) is 1. The van der Waals surface area contributed by atoms with Gasteiger partial charge in [0.15, 0.2) is 0 Å². The molecule has 2 heterocycles. The molecule has 0 aromatic heterocycles. The highest BCUT2D eigenvalue weighted by Crippen LogP contribution is 2.21. The highest BCUT2D eigenvalue weighted by atomic mass is 16.5. The quantitative estimate of drug-likeness (QED) is 0.717. The number of ether oxygens (including phenoxy) is 1. The second-order valence-electron chi connectivity index (χ2n) is 5.15. The number of hydrogen-bond donors (Lipinski definition) is 2. The summed E-state index contributed by atoms with van der Waals surface area (Å²) in [5, 5.41) is 5.99. The summed E-state index contributed by atoms with van der Waals surface area (Å²) in [7, 11) is 1.35. The fourth-order valence-electron chi connectivity index (χ4n) is 2.68. The normalized spacial score (nSPS) is 31.4. The van der Waals surface area contributed by atoms with E-state index in [1.165, 1.54) is 7.11 Å². The number of likely N-dealkylation sites (tertiary alicyclic amines) is 1. The molecule has 0 aromatic carbocycles. The molecule has 0 spiro atoms. The van der Waals surface area contributed by atoms with Crippen LogP contribution in [0, 0.1) is 11.8 Å². The zero-order valence-electron chi connectivity index (χ0n) is 10.9. The average molecular weight is 255 g/mol. The largest absolute Gasteiger partial charge is 0.453 e. The Labute approximate surface area is 107 Å².